The predicted octanol–water partition coefficient (Wildman–Crippen LogP) is 3.93. The van der Waals surface area contributed by atoms with E-state index >= 15 is 0 Å². The molecule has 0 fully saturated rings. The third-order valence-electron chi connectivity index (χ3n) is 0. The Labute approximate surface area is 73.4 Å². The van der Waals surface area contributed by atoms with Crippen molar-refractivity contribution in [1.29, 1.82) is 0 Å². The number of hydrogen-bond acceptors (Lipinski definition) is 0. The Hall–Kier alpha value is 1.19. The van der Waals surface area contributed by atoms with Crippen LogP contribution in [0, 0.1) is 0 Å². The van der Waals surface area contributed by atoms with Crippen LogP contribution in [0.25, 0.3) is 11.9 Å². The van der Waals surface area contributed by atoms with Gasteiger partial charge in [0.1, 0.15) is 0 Å². The van der Waals surface area contributed by atoms with Gasteiger partial charge in [-0.2, -0.15) is 0 Å². The van der Waals surface area contributed by atoms with Gasteiger partial charge < -0.3 is 11.9 Å². The molecule has 0 aromatic rings. The average molecular weight is 354 g/mol. The van der Waals surface area contributed by atoms with E-state index in [4.69, 9.17) is 24.6 Å². The Kier molecular flexibility index (Phi) is 17.0. The van der Waals surface area contributed by atoms with Crippen LogP contribution in [0.2, 0.25) is 0 Å². The Morgan fingerprint density at radius 3 is 1.22 bits per heavy atom. The van der Waals surface area contributed by atoms with Gasteiger partial charge in [-0.3, -0.25) is 0 Å². The molecule has 0 aromatic carbocycles. The van der Waals surface area contributed by atoms with E-state index in [1.807, 2.05) is 20.8 Å². The molecule has 0 saturated carbocycles. The largest absolute Gasteiger partial charge is 0.693 e. The molecule has 0 saturated heterocycles. The van der Waals surface area contributed by atoms with E-state index in [1.54, 1.807) is 0 Å². The summed E-state index contributed by atoms with van der Waals surface area (Å²) < 4.78 is 0. The van der Waals surface area contributed by atoms with E-state index in [0.29, 0.717) is 0 Å². The second-order valence-corrected chi connectivity index (χ2v) is 5.58. The van der Waals surface area contributed by atoms with Crippen molar-refractivity contribution < 1.29 is 16.5 Å². The van der Waals surface area contributed by atoms with E-state index in [9.17, 15) is 0 Å². The molecule has 0 aliphatic heterocycles. The van der Waals surface area contributed by atoms with Crippen LogP contribution in [0.4, 0.5) is 0 Å². The van der Waals surface area contributed by atoms with Crippen LogP contribution in [0.1, 0.15) is 20.8 Å². The van der Waals surface area contributed by atoms with Crippen LogP contribution in [0.3, 0.4) is 0 Å². The van der Waals surface area contributed by atoms with Crippen molar-refractivity contribution in [2.45, 2.75) is 26.3 Å². The van der Waals surface area contributed by atoms with Crippen molar-refractivity contribution in [2.24, 2.45) is 0 Å². The number of nitrogens with two attached hydrogens (primary N) is 1. The quantitative estimate of drug-likeness (QED) is 0.633. The minimum atomic E-state index is -0.472. The monoisotopic (exact) mass is 353 g/mol. The minimum Gasteiger partial charge on any atom is -0.693 e. The van der Waals surface area contributed by atoms with Crippen molar-refractivity contribution in [1.82, 2.24) is 0 Å². The summed E-state index contributed by atoms with van der Waals surface area (Å²) in [6, 6.07) is 0. The number of halogens is 2. The molecule has 0 aliphatic rings. The molecule has 0 heterocycles. The molecule has 0 aromatic heterocycles. The van der Waals surface area contributed by atoms with Crippen molar-refractivity contribution in [3.05, 3.63) is 11.9 Å². The first-order valence-electron chi connectivity index (χ1n) is 1.99. The molecule has 0 unspecified atom stereocenters. The summed E-state index contributed by atoms with van der Waals surface area (Å²) in [5.74, 6) is 0. The predicted molar refractivity (Wildman–Crippen MR) is 41.1 cm³/mol. The Morgan fingerprint density at radius 1 is 1.22 bits per heavy atom. The summed E-state index contributed by atoms with van der Waals surface area (Å²) in [6.07, 6.45) is 0. The van der Waals surface area contributed by atoms with Gasteiger partial charge in [-0.1, -0.05) is 20.8 Å². The Bertz CT molecular complexity index is 40.3. The third-order valence-corrected chi connectivity index (χ3v) is 0. The second kappa shape index (κ2) is 9.19. The van der Waals surface area contributed by atoms with E-state index in [1.165, 1.54) is 0 Å². The van der Waals surface area contributed by atoms with Crippen LogP contribution in [-0.4, -0.2) is 5.54 Å². The van der Waals surface area contributed by atoms with Gasteiger partial charge in [0.15, 0.2) is 0 Å². The van der Waals surface area contributed by atoms with Crippen molar-refractivity contribution in [3.8, 4) is 0 Å². The van der Waals surface area contributed by atoms with Crippen LogP contribution >= 0.6 is 18.8 Å². The zero-order chi connectivity index (χ0) is 7.21. The molecule has 2 nitrogen and oxygen atoms in total. The van der Waals surface area contributed by atoms with E-state index in [0.717, 1.165) is 0 Å². The normalized spacial score (nSPS) is 9.11. The molecule has 0 atom stereocenters. The molecule has 9 heavy (non-hydrogen) atoms. The zero-order valence-electron chi connectivity index (χ0n) is 5.65. The molecule has 62 valence electrons. The summed E-state index contributed by atoms with van der Waals surface area (Å²) in [5.41, 5.74) is 6.69. The first-order valence-corrected chi connectivity index (χ1v) is 7.62. The maximum Gasteiger partial charge on any atom is -0.693 e. The van der Waals surface area contributed by atoms with Crippen LogP contribution in [0.5, 0.6) is 0 Å². The number of nitrogens with one attached hydrogen (secondary N) is 1. The molecule has 0 bridgehead atoms. The summed E-state index contributed by atoms with van der Waals surface area (Å²) in [7, 11) is 9.75. The van der Waals surface area contributed by atoms with Gasteiger partial charge in [0, 0.05) is 0 Å². The van der Waals surface area contributed by atoms with Crippen molar-refractivity contribution >= 4 is 18.8 Å². The molecule has 0 spiro atoms. The van der Waals surface area contributed by atoms with Crippen molar-refractivity contribution in [2.75, 3.05) is 0 Å². The van der Waals surface area contributed by atoms with Crippen LogP contribution < -0.4 is 0 Å². The fourth-order valence-corrected chi connectivity index (χ4v) is 0. The topological polar surface area (TPSA) is 57.3 Å². The number of hydrogen-bond donors (Lipinski definition) is 0. The molecule has 0 amide bonds. The van der Waals surface area contributed by atoms with Gasteiger partial charge in [0.2, 0.25) is 0 Å². The molecule has 0 rings (SSSR count). The smallest absolute Gasteiger partial charge is 0.693 e. The Morgan fingerprint density at radius 2 is 1.22 bits per heavy atom. The number of rotatable bonds is 0. The van der Waals surface area contributed by atoms with Gasteiger partial charge in [0.05, 0.1) is 0 Å². The van der Waals surface area contributed by atoms with Crippen molar-refractivity contribution in [3.63, 3.8) is 0 Å². The summed E-state index contributed by atoms with van der Waals surface area (Å²) >= 11 is -0.472. The molecular formula is C4H12Cl2N2Pt. The first-order chi connectivity index (χ1) is 3.41. The first kappa shape index (κ1) is 16.6. The third kappa shape index (κ3) is 336. The van der Waals surface area contributed by atoms with Gasteiger partial charge in [-0.05, 0) is 0 Å². The van der Waals surface area contributed by atoms with E-state index < -0.39 is 16.5 Å². The summed E-state index contributed by atoms with van der Waals surface area (Å²) in [5, 5.41) is 0. The molecular weight excluding hydrogens is 342 g/mol. The standard InChI is InChI=1S/C4H10N.2ClH.H2N.Pt/c1-4(2,3)5;;;;/h5H,1-3H3;2*1H;1H2;/q-1;;;-1;+4/p-2. The maximum atomic E-state index is 6.94. The Balaban J connectivity index is -0.0000000800. The van der Waals surface area contributed by atoms with Crippen LogP contribution in [0.15, 0.2) is 0 Å². The summed E-state index contributed by atoms with van der Waals surface area (Å²) in [6.45, 7) is 5.56. The summed E-state index contributed by atoms with van der Waals surface area (Å²) in [4.78, 5) is 0. The van der Waals surface area contributed by atoms with Crippen LogP contribution in [-0.2, 0) is 16.5 Å². The maximum absolute atomic E-state index is 6.94. The van der Waals surface area contributed by atoms with E-state index in [2.05, 4.69) is 0 Å². The molecule has 5 heteroatoms. The van der Waals surface area contributed by atoms with Gasteiger partial charge in [-0.25, -0.2) is 0 Å². The molecule has 0 aliphatic carbocycles. The molecule has 0 radical (unpaired) electrons. The van der Waals surface area contributed by atoms with Gasteiger partial charge >= 0.3 is 35.3 Å². The second-order valence-electron chi connectivity index (χ2n) is 2.30. The zero-order valence-corrected chi connectivity index (χ0v) is 9.43. The van der Waals surface area contributed by atoms with Gasteiger partial charge in [0.25, 0.3) is 0 Å². The van der Waals surface area contributed by atoms with E-state index in [-0.39, 0.29) is 11.7 Å². The fourth-order valence-electron chi connectivity index (χ4n) is 0. The fraction of sp³-hybridized carbons (Fsp3) is 1.00. The SMILES string of the molecule is CC(C)(C)[NH-].[Cl][Pt+2][Cl].[NH2-]. The molecule has 3 N–H and O–H groups in total. The van der Waals surface area contributed by atoms with Gasteiger partial charge in [-0.15, -0.1) is 5.54 Å². The average Bonchev–Trinajstić information content (AvgIpc) is 1.27. The minimum absolute atomic E-state index is 0.